The van der Waals surface area contributed by atoms with E-state index in [1.54, 1.807) is 18.2 Å². The van der Waals surface area contributed by atoms with E-state index in [0.717, 1.165) is 6.42 Å². The first-order valence-corrected chi connectivity index (χ1v) is 7.03. The molecular formula is C15H21Cl2NO. The SMILES string of the molecule is CC(C)(C)CC(C)(C)NC(=O)c1ccc(Cl)cc1Cl. The Morgan fingerprint density at radius 3 is 2.21 bits per heavy atom. The molecule has 0 saturated heterocycles. The van der Waals surface area contributed by atoms with E-state index in [2.05, 4.69) is 26.1 Å². The number of carbonyl (C=O) groups is 1. The highest BCUT2D eigenvalue weighted by molar-refractivity contribution is 6.36. The van der Waals surface area contributed by atoms with E-state index in [1.807, 2.05) is 13.8 Å². The smallest absolute Gasteiger partial charge is 0.253 e. The van der Waals surface area contributed by atoms with Gasteiger partial charge in [0.15, 0.2) is 0 Å². The van der Waals surface area contributed by atoms with Crippen molar-refractivity contribution in [2.75, 3.05) is 0 Å². The monoisotopic (exact) mass is 301 g/mol. The van der Waals surface area contributed by atoms with Crippen LogP contribution in [-0.2, 0) is 0 Å². The highest BCUT2D eigenvalue weighted by Gasteiger charge is 2.27. The molecule has 19 heavy (non-hydrogen) atoms. The third-order valence-corrected chi connectivity index (χ3v) is 3.15. The van der Waals surface area contributed by atoms with Crippen LogP contribution in [0.2, 0.25) is 10.0 Å². The van der Waals surface area contributed by atoms with Gasteiger partial charge in [-0.3, -0.25) is 4.79 Å². The average molecular weight is 302 g/mol. The summed E-state index contributed by atoms with van der Waals surface area (Å²) in [6.45, 7) is 10.5. The maximum Gasteiger partial charge on any atom is 0.253 e. The van der Waals surface area contributed by atoms with Crippen molar-refractivity contribution in [1.82, 2.24) is 5.32 Å². The Morgan fingerprint density at radius 2 is 1.74 bits per heavy atom. The molecule has 0 saturated carbocycles. The Balaban J connectivity index is 2.84. The first kappa shape index (κ1) is 16.3. The van der Waals surface area contributed by atoms with Crippen molar-refractivity contribution in [2.24, 2.45) is 5.41 Å². The molecule has 0 aliphatic heterocycles. The number of amides is 1. The Kier molecular flexibility index (Phi) is 4.91. The second kappa shape index (κ2) is 5.72. The molecule has 0 unspecified atom stereocenters. The molecule has 0 radical (unpaired) electrons. The lowest BCUT2D eigenvalue weighted by atomic mass is 9.81. The molecule has 0 aliphatic rings. The van der Waals surface area contributed by atoms with Crippen LogP contribution in [0.15, 0.2) is 18.2 Å². The van der Waals surface area contributed by atoms with Gasteiger partial charge in [0.05, 0.1) is 10.6 Å². The molecule has 2 nitrogen and oxygen atoms in total. The molecule has 0 aliphatic carbocycles. The average Bonchev–Trinajstić information content (AvgIpc) is 2.11. The molecule has 0 spiro atoms. The zero-order valence-electron chi connectivity index (χ0n) is 12.1. The minimum atomic E-state index is -0.293. The standard InChI is InChI=1S/C15H21Cl2NO/c1-14(2,3)9-15(4,5)18-13(19)11-7-6-10(16)8-12(11)17/h6-8H,9H2,1-5H3,(H,18,19). The number of nitrogens with one attached hydrogen (secondary N) is 1. The van der Waals surface area contributed by atoms with Gasteiger partial charge in [0.25, 0.3) is 5.91 Å². The fraction of sp³-hybridized carbons (Fsp3) is 0.533. The summed E-state index contributed by atoms with van der Waals surface area (Å²) in [4.78, 5) is 12.2. The summed E-state index contributed by atoms with van der Waals surface area (Å²) in [6.07, 6.45) is 0.872. The van der Waals surface area contributed by atoms with Crippen molar-refractivity contribution < 1.29 is 4.79 Å². The molecular weight excluding hydrogens is 281 g/mol. The van der Waals surface area contributed by atoms with Crippen LogP contribution in [0.4, 0.5) is 0 Å². The number of halogens is 2. The number of benzene rings is 1. The van der Waals surface area contributed by atoms with Gasteiger partial charge in [0.2, 0.25) is 0 Å². The van der Waals surface area contributed by atoms with Crippen molar-refractivity contribution in [1.29, 1.82) is 0 Å². The van der Waals surface area contributed by atoms with Crippen LogP contribution in [0.25, 0.3) is 0 Å². The van der Waals surface area contributed by atoms with Crippen molar-refractivity contribution >= 4 is 29.1 Å². The number of rotatable bonds is 3. The molecule has 1 aromatic rings. The van der Waals surface area contributed by atoms with Gasteiger partial charge in [-0.15, -0.1) is 0 Å². The molecule has 1 rings (SSSR count). The van der Waals surface area contributed by atoms with E-state index in [-0.39, 0.29) is 16.9 Å². The normalized spacial score (nSPS) is 12.4. The zero-order chi connectivity index (χ0) is 14.8. The minimum Gasteiger partial charge on any atom is -0.347 e. The largest absolute Gasteiger partial charge is 0.347 e. The molecule has 0 heterocycles. The summed E-state index contributed by atoms with van der Waals surface area (Å²) in [5.41, 5.74) is 0.298. The highest BCUT2D eigenvalue weighted by Crippen LogP contribution is 2.28. The van der Waals surface area contributed by atoms with E-state index in [0.29, 0.717) is 15.6 Å². The van der Waals surface area contributed by atoms with Gasteiger partial charge in [-0.1, -0.05) is 44.0 Å². The van der Waals surface area contributed by atoms with E-state index in [9.17, 15) is 4.79 Å². The van der Waals surface area contributed by atoms with Gasteiger partial charge in [-0.25, -0.2) is 0 Å². The maximum atomic E-state index is 12.2. The zero-order valence-corrected chi connectivity index (χ0v) is 13.6. The van der Waals surface area contributed by atoms with Crippen LogP contribution in [0.3, 0.4) is 0 Å². The molecule has 1 amide bonds. The topological polar surface area (TPSA) is 29.1 Å². The quantitative estimate of drug-likeness (QED) is 0.842. The van der Waals surface area contributed by atoms with Crippen LogP contribution < -0.4 is 5.32 Å². The lowest BCUT2D eigenvalue weighted by Gasteiger charge is -2.33. The molecule has 1 aromatic carbocycles. The fourth-order valence-electron chi connectivity index (χ4n) is 2.42. The van der Waals surface area contributed by atoms with Crippen LogP contribution in [0.5, 0.6) is 0 Å². The van der Waals surface area contributed by atoms with E-state index in [1.165, 1.54) is 0 Å². The van der Waals surface area contributed by atoms with Gasteiger partial charge in [-0.2, -0.15) is 0 Å². The first-order chi connectivity index (χ1) is 8.50. The van der Waals surface area contributed by atoms with Crippen molar-refractivity contribution in [3.63, 3.8) is 0 Å². The lowest BCUT2D eigenvalue weighted by Crippen LogP contribution is -2.45. The Hall–Kier alpha value is -0.730. The van der Waals surface area contributed by atoms with Crippen molar-refractivity contribution in [3.8, 4) is 0 Å². The molecule has 0 bridgehead atoms. The third-order valence-electron chi connectivity index (χ3n) is 2.60. The van der Waals surface area contributed by atoms with Crippen LogP contribution >= 0.6 is 23.2 Å². The van der Waals surface area contributed by atoms with Crippen molar-refractivity contribution in [2.45, 2.75) is 46.6 Å². The van der Waals surface area contributed by atoms with Gasteiger partial charge >= 0.3 is 0 Å². The number of hydrogen-bond acceptors (Lipinski definition) is 1. The minimum absolute atomic E-state index is 0.139. The maximum absolute atomic E-state index is 12.2. The molecule has 0 fully saturated rings. The summed E-state index contributed by atoms with van der Waals surface area (Å²) in [6, 6.07) is 4.89. The van der Waals surface area contributed by atoms with Gasteiger partial charge in [-0.05, 0) is 43.9 Å². The number of hydrogen-bond donors (Lipinski definition) is 1. The highest BCUT2D eigenvalue weighted by atomic mass is 35.5. The first-order valence-electron chi connectivity index (χ1n) is 6.28. The Bertz CT molecular complexity index is 476. The second-order valence-corrected chi connectivity index (χ2v) is 7.54. The summed E-state index contributed by atoms with van der Waals surface area (Å²) in [7, 11) is 0. The van der Waals surface area contributed by atoms with E-state index < -0.39 is 0 Å². The predicted octanol–water partition coefficient (Wildman–Crippen LogP) is 4.94. The summed E-state index contributed by atoms with van der Waals surface area (Å²) >= 11 is 11.9. The number of carbonyl (C=O) groups excluding carboxylic acids is 1. The van der Waals surface area contributed by atoms with Gasteiger partial charge < -0.3 is 5.32 Å². The molecule has 0 atom stereocenters. The van der Waals surface area contributed by atoms with Crippen LogP contribution in [-0.4, -0.2) is 11.4 Å². The summed E-state index contributed by atoms with van der Waals surface area (Å²) in [5, 5.41) is 3.92. The van der Waals surface area contributed by atoms with Gasteiger partial charge in [0, 0.05) is 10.6 Å². The predicted molar refractivity (Wildman–Crippen MR) is 82.1 cm³/mol. The van der Waals surface area contributed by atoms with E-state index >= 15 is 0 Å². The fourth-order valence-corrected chi connectivity index (χ4v) is 2.91. The van der Waals surface area contributed by atoms with Crippen molar-refractivity contribution in [3.05, 3.63) is 33.8 Å². The van der Waals surface area contributed by atoms with E-state index in [4.69, 9.17) is 23.2 Å². The van der Waals surface area contributed by atoms with Gasteiger partial charge in [0.1, 0.15) is 0 Å². The molecule has 0 aromatic heterocycles. The summed E-state index contributed by atoms with van der Waals surface area (Å²) in [5.74, 6) is -0.170. The summed E-state index contributed by atoms with van der Waals surface area (Å²) < 4.78 is 0. The van der Waals surface area contributed by atoms with Crippen LogP contribution in [0, 0.1) is 5.41 Å². The Labute approximate surface area is 125 Å². The van der Waals surface area contributed by atoms with Crippen LogP contribution in [0.1, 0.15) is 51.4 Å². The Morgan fingerprint density at radius 1 is 1.16 bits per heavy atom. The second-order valence-electron chi connectivity index (χ2n) is 6.70. The molecule has 4 heteroatoms. The molecule has 106 valence electrons. The third kappa shape index (κ3) is 5.42. The molecule has 1 N–H and O–H groups in total. The lowest BCUT2D eigenvalue weighted by molar-refractivity contribution is 0.0891.